The third kappa shape index (κ3) is 5.39. The minimum atomic E-state index is -4.51. The molecule has 0 spiro atoms. The monoisotopic (exact) mass is 451 g/mol. The Kier molecular flexibility index (Phi) is 6.53. The fourth-order valence-corrected chi connectivity index (χ4v) is 4.75. The molecule has 1 aromatic heterocycles. The first-order chi connectivity index (χ1) is 14.8. The van der Waals surface area contributed by atoms with Gasteiger partial charge in [-0.2, -0.15) is 13.2 Å². The Bertz CT molecular complexity index is 936. The van der Waals surface area contributed by atoms with E-state index in [1.807, 2.05) is 4.90 Å². The van der Waals surface area contributed by atoms with Crippen LogP contribution in [0, 0.1) is 0 Å². The number of halogens is 4. The third-order valence-corrected chi connectivity index (χ3v) is 6.42. The van der Waals surface area contributed by atoms with Crippen molar-refractivity contribution in [2.75, 3.05) is 31.1 Å². The molecule has 2 saturated heterocycles. The van der Waals surface area contributed by atoms with Crippen molar-refractivity contribution in [3.63, 3.8) is 0 Å². The van der Waals surface area contributed by atoms with Crippen LogP contribution in [-0.2, 0) is 12.6 Å². The van der Waals surface area contributed by atoms with Gasteiger partial charge in [0.15, 0.2) is 5.78 Å². The molecule has 0 aliphatic carbocycles. The number of hydrogen-bond acceptors (Lipinski definition) is 4. The number of rotatable bonds is 5. The van der Waals surface area contributed by atoms with Gasteiger partial charge in [-0.3, -0.25) is 4.79 Å². The van der Waals surface area contributed by atoms with E-state index < -0.39 is 11.7 Å². The SMILES string of the molecule is O=C(Cc1ccnc(Cl)c1)c1cc(N2CCC(N3CCCC3)CC2)cc(C(F)(F)F)c1. The molecule has 0 unspecified atom stereocenters. The molecule has 0 N–H and O–H groups in total. The highest BCUT2D eigenvalue weighted by Gasteiger charge is 2.33. The van der Waals surface area contributed by atoms with Crippen LogP contribution in [0.25, 0.3) is 0 Å². The van der Waals surface area contributed by atoms with Crippen molar-refractivity contribution >= 4 is 23.1 Å². The molecular formula is C23H25ClF3N3O. The van der Waals surface area contributed by atoms with Crippen molar-refractivity contribution in [1.29, 1.82) is 0 Å². The Labute approximate surface area is 185 Å². The summed E-state index contributed by atoms with van der Waals surface area (Å²) >= 11 is 5.86. The van der Waals surface area contributed by atoms with Crippen LogP contribution < -0.4 is 4.90 Å². The van der Waals surface area contributed by atoms with Crippen LogP contribution in [0.2, 0.25) is 5.15 Å². The number of aromatic nitrogens is 1. The zero-order chi connectivity index (χ0) is 22.0. The summed E-state index contributed by atoms with van der Waals surface area (Å²) in [5.74, 6) is -0.374. The number of pyridine rings is 1. The van der Waals surface area contributed by atoms with E-state index in [1.54, 1.807) is 18.2 Å². The van der Waals surface area contributed by atoms with Crippen molar-refractivity contribution in [1.82, 2.24) is 9.88 Å². The fraction of sp³-hybridized carbons (Fsp3) is 0.478. The number of carbonyl (C=O) groups excluding carboxylic acids is 1. The molecule has 4 nitrogen and oxygen atoms in total. The smallest absolute Gasteiger partial charge is 0.371 e. The highest BCUT2D eigenvalue weighted by Crippen LogP contribution is 2.34. The minimum absolute atomic E-state index is 0.0278. The first-order valence-electron chi connectivity index (χ1n) is 10.6. The van der Waals surface area contributed by atoms with Crippen LogP contribution in [0.15, 0.2) is 36.5 Å². The van der Waals surface area contributed by atoms with Gasteiger partial charge < -0.3 is 9.80 Å². The molecule has 31 heavy (non-hydrogen) atoms. The summed E-state index contributed by atoms with van der Waals surface area (Å²) in [6.45, 7) is 3.62. The highest BCUT2D eigenvalue weighted by molar-refractivity contribution is 6.29. The first-order valence-corrected chi connectivity index (χ1v) is 11.0. The van der Waals surface area contributed by atoms with Gasteiger partial charge in [-0.15, -0.1) is 0 Å². The van der Waals surface area contributed by atoms with E-state index in [-0.39, 0.29) is 22.9 Å². The fourth-order valence-electron chi connectivity index (χ4n) is 4.55. The van der Waals surface area contributed by atoms with E-state index in [1.165, 1.54) is 19.0 Å². The van der Waals surface area contributed by atoms with E-state index in [0.29, 0.717) is 30.4 Å². The number of anilines is 1. The van der Waals surface area contributed by atoms with E-state index >= 15 is 0 Å². The van der Waals surface area contributed by atoms with E-state index in [9.17, 15) is 18.0 Å². The third-order valence-electron chi connectivity index (χ3n) is 6.21. The molecule has 2 aliphatic rings. The van der Waals surface area contributed by atoms with Gasteiger partial charge in [0.25, 0.3) is 0 Å². The molecular weight excluding hydrogens is 427 g/mol. The maximum absolute atomic E-state index is 13.6. The number of alkyl halides is 3. The second-order valence-electron chi connectivity index (χ2n) is 8.31. The van der Waals surface area contributed by atoms with Gasteiger partial charge in [0, 0.05) is 43.0 Å². The lowest BCUT2D eigenvalue weighted by Crippen LogP contribution is -2.44. The Morgan fingerprint density at radius 3 is 2.42 bits per heavy atom. The largest absolute Gasteiger partial charge is 0.416 e. The van der Waals surface area contributed by atoms with Crippen LogP contribution in [0.3, 0.4) is 0 Å². The number of Topliss-reactive ketones (excluding diaryl/α,β-unsaturated/α-hetero) is 1. The van der Waals surface area contributed by atoms with Crippen molar-refractivity contribution in [2.45, 2.75) is 44.3 Å². The average molecular weight is 452 g/mol. The highest BCUT2D eigenvalue weighted by atomic mass is 35.5. The molecule has 0 saturated carbocycles. The summed E-state index contributed by atoms with van der Waals surface area (Å²) in [6, 6.07) is 7.40. The maximum Gasteiger partial charge on any atom is 0.416 e. The van der Waals surface area contributed by atoms with E-state index in [0.717, 1.165) is 38.1 Å². The predicted octanol–water partition coefficient (Wildman–Crippen LogP) is 5.24. The normalized spacial score (nSPS) is 18.5. The van der Waals surface area contributed by atoms with E-state index in [4.69, 9.17) is 11.6 Å². The number of benzene rings is 1. The molecule has 8 heteroatoms. The zero-order valence-electron chi connectivity index (χ0n) is 17.2. The molecule has 2 fully saturated rings. The van der Waals surface area contributed by atoms with Crippen molar-refractivity contribution in [3.8, 4) is 0 Å². The van der Waals surface area contributed by atoms with Crippen LogP contribution >= 0.6 is 11.6 Å². The average Bonchev–Trinajstić information content (AvgIpc) is 3.28. The van der Waals surface area contributed by atoms with E-state index in [2.05, 4.69) is 9.88 Å². The maximum atomic E-state index is 13.6. The predicted molar refractivity (Wildman–Crippen MR) is 115 cm³/mol. The number of nitrogens with zero attached hydrogens (tertiary/aromatic N) is 3. The molecule has 2 aliphatic heterocycles. The molecule has 2 aromatic rings. The zero-order valence-corrected chi connectivity index (χ0v) is 17.9. The summed E-state index contributed by atoms with van der Waals surface area (Å²) in [4.78, 5) is 21.2. The van der Waals surface area contributed by atoms with Gasteiger partial charge >= 0.3 is 6.18 Å². The summed E-state index contributed by atoms with van der Waals surface area (Å²) in [5, 5.41) is 0.246. The number of hydrogen-bond donors (Lipinski definition) is 0. The van der Waals surface area contributed by atoms with Gasteiger partial charge in [-0.25, -0.2) is 4.98 Å². The first kappa shape index (κ1) is 22.1. The van der Waals surface area contributed by atoms with Crippen molar-refractivity contribution < 1.29 is 18.0 Å². The lowest BCUT2D eigenvalue weighted by molar-refractivity contribution is -0.137. The quantitative estimate of drug-likeness (QED) is 0.460. The molecule has 0 radical (unpaired) electrons. The van der Waals surface area contributed by atoms with Gasteiger partial charge in [0.1, 0.15) is 5.15 Å². The molecule has 166 valence electrons. The molecule has 0 amide bonds. The Balaban J connectivity index is 1.54. The second-order valence-corrected chi connectivity index (χ2v) is 8.70. The van der Waals surface area contributed by atoms with Crippen LogP contribution in [0.4, 0.5) is 18.9 Å². The number of likely N-dealkylation sites (tertiary alicyclic amines) is 1. The molecule has 0 atom stereocenters. The molecule has 1 aromatic carbocycles. The van der Waals surface area contributed by atoms with Gasteiger partial charge in [-0.05, 0) is 74.7 Å². The number of piperidine rings is 1. The van der Waals surface area contributed by atoms with Gasteiger partial charge in [0.2, 0.25) is 0 Å². The second kappa shape index (κ2) is 9.17. The van der Waals surface area contributed by atoms with Crippen LogP contribution in [0.1, 0.15) is 47.2 Å². The van der Waals surface area contributed by atoms with Crippen molar-refractivity contribution in [2.24, 2.45) is 0 Å². The standard InChI is InChI=1S/C23H25ClF3N3O/c24-22-12-16(3-6-28-22)11-21(31)17-13-18(23(25,26)27)15-20(14-17)30-9-4-19(5-10-30)29-7-1-2-8-29/h3,6,12-15,19H,1-2,4-5,7-11H2. The van der Waals surface area contributed by atoms with Gasteiger partial charge in [0.05, 0.1) is 5.56 Å². The van der Waals surface area contributed by atoms with Crippen molar-refractivity contribution in [3.05, 3.63) is 58.4 Å². The number of carbonyl (C=O) groups is 1. The van der Waals surface area contributed by atoms with Crippen LogP contribution in [0.5, 0.6) is 0 Å². The Morgan fingerprint density at radius 2 is 1.77 bits per heavy atom. The summed E-state index contributed by atoms with van der Waals surface area (Å²) in [7, 11) is 0. The number of ketones is 1. The topological polar surface area (TPSA) is 36.4 Å². The lowest BCUT2D eigenvalue weighted by atomic mass is 9.98. The van der Waals surface area contributed by atoms with Gasteiger partial charge in [-0.1, -0.05) is 11.6 Å². The Morgan fingerprint density at radius 1 is 1.06 bits per heavy atom. The Hall–Kier alpha value is -2.12. The molecule has 0 bridgehead atoms. The molecule has 4 rings (SSSR count). The minimum Gasteiger partial charge on any atom is -0.371 e. The van der Waals surface area contributed by atoms with Crippen LogP contribution in [-0.4, -0.2) is 47.9 Å². The summed E-state index contributed by atoms with van der Waals surface area (Å²) in [5.41, 5.74) is 0.364. The lowest BCUT2D eigenvalue weighted by Gasteiger charge is -2.38. The summed E-state index contributed by atoms with van der Waals surface area (Å²) < 4.78 is 40.7. The summed E-state index contributed by atoms with van der Waals surface area (Å²) in [6.07, 6.45) is 1.24. The molecule has 3 heterocycles.